The highest BCUT2D eigenvalue weighted by molar-refractivity contribution is 5.89. The van der Waals surface area contributed by atoms with Gasteiger partial charge in [-0.3, -0.25) is 0 Å². The Morgan fingerprint density at radius 3 is 1.17 bits per heavy atom. The Hall–Kier alpha value is -1.48. The van der Waals surface area contributed by atoms with E-state index in [0.29, 0.717) is 12.2 Å². The van der Waals surface area contributed by atoms with Crippen LogP contribution in [-0.2, 0) is 9.59 Å². The van der Waals surface area contributed by atoms with Crippen LogP contribution in [0.2, 0.25) is 0 Å². The zero-order chi connectivity index (χ0) is 18.7. The maximum atomic E-state index is 9.55. The van der Waals surface area contributed by atoms with E-state index in [0.717, 1.165) is 25.7 Å². The number of carboxylic acid groups (broad SMARTS) is 2. The van der Waals surface area contributed by atoms with Crippen LogP contribution in [0.4, 0.5) is 0 Å². The van der Waals surface area contributed by atoms with E-state index in [2.05, 4.69) is 0 Å². The van der Waals surface area contributed by atoms with Gasteiger partial charge in [-0.05, 0) is 12.8 Å². The molecule has 0 rings (SSSR count). The lowest BCUT2D eigenvalue weighted by Crippen LogP contribution is -2.20. The monoisotopic (exact) mass is 338 g/mol. The molecule has 0 spiro atoms. The second-order valence-electron chi connectivity index (χ2n) is 5.35. The molecule has 0 amide bonds. The van der Waals surface area contributed by atoms with Crippen molar-refractivity contribution in [2.45, 2.75) is 39.5 Å². The lowest BCUT2D eigenvalue weighted by Gasteiger charge is -2.16. The van der Waals surface area contributed by atoms with E-state index in [1.165, 1.54) is 0 Å². The number of carbonyl (C=O) groups is 2. The number of carboxylic acids is 2. The molecular formula is C15H30O8. The molecule has 0 bridgehead atoms. The molecule has 8 nitrogen and oxygen atoms in total. The zero-order valence-corrected chi connectivity index (χ0v) is 13.8. The Bertz CT molecular complexity index is 285. The first kappa shape index (κ1) is 26.4. The average molecular weight is 338 g/mol. The molecule has 0 aromatic heterocycles. The van der Waals surface area contributed by atoms with Gasteiger partial charge in [0, 0.05) is 30.8 Å². The summed E-state index contributed by atoms with van der Waals surface area (Å²) in [5.41, 5.74) is -0.306. The van der Waals surface area contributed by atoms with Crippen LogP contribution in [-0.4, -0.2) is 69.0 Å². The predicted octanol–water partition coefficient (Wildman–Crippen LogP) is 0.240. The average Bonchev–Trinajstić information content (AvgIpc) is 2.51. The van der Waals surface area contributed by atoms with Crippen LogP contribution in [0.25, 0.3) is 0 Å². The lowest BCUT2D eigenvalue weighted by molar-refractivity contribution is -0.134. The largest absolute Gasteiger partial charge is 0.478 e. The van der Waals surface area contributed by atoms with E-state index in [4.69, 9.17) is 30.6 Å². The van der Waals surface area contributed by atoms with Gasteiger partial charge in [0.2, 0.25) is 0 Å². The molecule has 0 atom stereocenters. The van der Waals surface area contributed by atoms with Crippen molar-refractivity contribution in [1.82, 2.24) is 0 Å². The number of aliphatic hydroxyl groups excluding tert-OH is 4. The van der Waals surface area contributed by atoms with Gasteiger partial charge in [0.15, 0.2) is 0 Å². The van der Waals surface area contributed by atoms with Gasteiger partial charge in [-0.2, -0.15) is 0 Å². The van der Waals surface area contributed by atoms with E-state index < -0.39 is 11.9 Å². The third-order valence-electron chi connectivity index (χ3n) is 2.29. The van der Waals surface area contributed by atoms with Gasteiger partial charge >= 0.3 is 11.9 Å². The Kier molecular flexibility index (Phi) is 21.3. The molecule has 0 unspecified atom stereocenters. The third kappa shape index (κ3) is 33.4. The SMILES string of the molecule is CC(C)(CO)CO.O=C(O)/C=C/C(=O)O.OCCCCCCO. The van der Waals surface area contributed by atoms with E-state index in [1.54, 1.807) is 13.8 Å². The minimum Gasteiger partial charge on any atom is -0.478 e. The van der Waals surface area contributed by atoms with Crippen molar-refractivity contribution in [3.63, 3.8) is 0 Å². The van der Waals surface area contributed by atoms with Gasteiger partial charge in [0.05, 0.1) is 13.2 Å². The van der Waals surface area contributed by atoms with Crippen LogP contribution >= 0.6 is 0 Å². The third-order valence-corrected chi connectivity index (χ3v) is 2.29. The van der Waals surface area contributed by atoms with E-state index in [1.807, 2.05) is 0 Å². The Labute approximate surface area is 136 Å². The van der Waals surface area contributed by atoms with Crippen LogP contribution < -0.4 is 0 Å². The van der Waals surface area contributed by atoms with E-state index in [-0.39, 0.29) is 31.8 Å². The van der Waals surface area contributed by atoms with Gasteiger partial charge in [0.1, 0.15) is 0 Å². The highest BCUT2D eigenvalue weighted by Gasteiger charge is 2.13. The fourth-order valence-corrected chi connectivity index (χ4v) is 0.770. The quantitative estimate of drug-likeness (QED) is 0.258. The van der Waals surface area contributed by atoms with Crippen LogP contribution in [0.15, 0.2) is 12.2 Å². The minimum atomic E-state index is -1.26. The molecule has 0 aliphatic rings. The molecular weight excluding hydrogens is 308 g/mol. The van der Waals surface area contributed by atoms with Gasteiger partial charge < -0.3 is 30.6 Å². The molecule has 8 heteroatoms. The minimum absolute atomic E-state index is 0.0451. The number of hydrogen-bond donors (Lipinski definition) is 6. The topological polar surface area (TPSA) is 156 Å². The summed E-state index contributed by atoms with van der Waals surface area (Å²) in [7, 11) is 0. The van der Waals surface area contributed by atoms with Crippen LogP contribution in [0, 0.1) is 5.41 Å². The molecule has 0 aliphatic heterocycles. The normalized spacial score (nSPS) is 10.3. The summed E-state index contributed by atoms with van der Waals surface area (Å²) in [6.07, 6.45) is 4.94. The van der Waals surface area contributed by atoms with Crippen molar-refractivity contribution in [3.8, 4) is 0 Å². The molecule has 0 radical (unpaired) electrons. The fraction of sp³-hybridized carbons (Fsp3) is 0.733. The summed E-state index contributed by atoms with van der Waals surface area (Å²) in [6, 6.07) is 0. The Morgan fingerprint density at radius 1 is 0.739 bits per heavy atom. The molecule has 0 fully saturated rings. The summed E-state index contributed by atoms with van der Waals surface area (Å²) >= 11 is 0. The Balaban J connectivity index is -0.000000262. The van der Waals surface area contributed by atoms with Crippen molar-refractivity contribution < 1.29 is 40.2 Å². The van der Waals surface area contributed by atoms with Crippen molar-refractivity contribution >= 4 is 11.9 Å². The van der Waals surface area contributed by atoms with Crippen molar-refractivity contribution in [3.05, 3.63) is 12.2 Å². The van der Waals surface area contributed by atoms with Crippen LogP contribution in [0.5, 0.6) is 0 Å². The van der Waals surface area contributed by atoms with E-state index >= 15 is 0 Å². The number of rotatable bonds is 9. The first-order valence-electron chi connectivity index (χ1n) is 7.24. The maximum Gasteiger partial charge on any atom is 0.328 e. The first-order chi connectivity index (χ1) is 10.7. The molecule has 0 aliphatic carbocycles. The number of unbranched alkanes of at least 4 members (excludes halogenated alkanes) is 3. The van der Waals surface area contributed by atoms with E-state index in [9.17, 15) is 9.59 Å². The van der Waals surface area contributed by atoms with Gasteiger partial charge in [-0.1, -0.05) is 26.7 Å². The molecule has 23 heavy (non-hydrogen) atoms. The fourth-order valence-electron chi connectivity index (χ4n) is 0.770. The number of aliphatic hydroxyl groups is 4. The number of aliphatic carboxylic acids is 2. The van der Waals surface area contributed by atoms with Crippen molar-refractivity contribution in [2.24, 2.45) is 5.41 Å². The highest BCUT2D eigenvalue weighted by atomic mass is 16.4. The second-order valence-corrected chi connectivity index (χ2v) is 5.35. The zero-order valence-electron chi connectivity index (χ0n) is 13.8. The lowest BCUT2D eigenvalue weighted by atomic mass is 9.97. The summed E-state index contributed by atoms with van der Waals surface area (Å²) in [4.78, 5) is 19.1. The summed E-state index contributed by atoms with van der Waals surface area (Å²) in [5.74, 6) is -2.51. The smallest absolute Gasteiger partial charge is 0.328 e. The molecule has 0 aromatic rings. The van der Waals surface area contributed by atoms with Gasteiger partial charge in [0.25, 0.3) is 0 Å². The number of hydrogen-bond acceptors (Lipinski definition) is 6. The van der Waals surface area contributed by atoms with Crippen LogP contribution in [0.3, 0.4) is 0 Å². The first-order valence-corrected chi connectivity index (χ1v) is 7.24. The summed E-state index contributed by atoms with van der Waals surface area (Å²) in [5, 5.41) is 49.1. The molecule has 6 N–H and O–H groups in total. The van der Waals surface area contributed by atoms with Crippen molar-refractivity contribution in [1.29, 1.82) is 0 Å². The van der Waals surface area contributed by atoms with Crippen LogP contribution in [0.1, 0.15) is 39.5 Å². The maximum absolute atomic E-state index is 9.55. The predicted molar refractivity (Wildman–Crippen MR) is 85.0 cm³/mol. The summed E-state index contributed by atoms with van der Waals surface area (Å²) < 4.78 is 0. The molecule has 0 aromatic carbocycles. The second kappa shape index (κ2) is 18.6. The standard InChI is InChI=1S/C6H14O2.C5H12O2.C4H4O4/c7-5-3-1-2-4-6-8;1-5(2,3-6)4-7;5-3(6)1-2-4(7)8/h7-8H,1-6H2;6-7H,3-4H2,1-2H3;1-2H,(H,5,6)(H,7,8)/b;;2-1+. The van der Waals surface area contributed by atoms with Crippen molar-refractivity contribution in [2.75, 3.05) is 26.4 Å². The molecule has 0 saturated carbocycles. The Morgan fingerprint density at radius 2 is 1.04 bits per heavy atom. The van der Waals surface area contributed by atoms with Gasteiger partial charge in [-0.15, -0.1) is 0 Å². The molecule has 0 heterocycles. The highest BCUT2D eigenvalue weighted by Crippen LogP contribution is 2.10. The molecule has 138 valence electrons. The summed E-state index contributed by atoms with van der Waals surface area (Å²) in [6.45, 7) is 4.25. The van der Waals surface area contributed by atoms with Gasteiger partial charge in [-0.25, -0.2) is 9.59 Å². The molecule has 0 saturated heterocycles.